The van der Waals surface area contributed by atoms with Gasteiger partial charge in [0.15, 0.2) is 0 Å². The Morgan fingerprint density at radius 2 is 2.26 bits per heavy atom. The van der Waals surface area contributed by atoms with Crippen molar-refractivity contribution in [2.24, 2.45) is 11.8 Å². The number of pyridine rings is 1. The predicted molar refractivity (Wildman–Crippen MR) is 75.9 cm³/mol. The fourth-order valence-electron chi connectivity index (χ4n) is 2.97. The number of hydrogen-bond donors (Lipinski definition) is 0. The molecule has 3 nitrogen and oxygen atoms in total. The minimum absolute atomic E-state index is 0.111. The van der Waals surface area contributed by atoms with Crippen LogP contribution in [0.2, 0.25) is 0 Å². The lowest BCUT2D eigenvalue weighted by Gasteiger charge is -2.27. The van der Waals surface area contributed by atoms with Crippen LogP contribution in [-0.4, -0.2) is 4.57 Å². The van der Waals surface area contributed by atoms with Crippen LogP contribution in [0.25, 0.3) is 0 Å². The Kier molecular flexibility index (Phi) is 4.42. The summed E-state index contributed by atoms with van der Waals surface area (Å²) in [5.74, 6) is 0.598. The molecule has 2 atom stereocenters. The second kappa shape index (κ2) is 6.06. The summed E-state index contributed by atoms with van der Waals surface area (Å²) in [7, 11) is 0. The maximum absolute atomic E-state index is 12.5. The van der Waals surface area contributed by atoms with Crippen molar-refractivity contribution in [3.05, 3.63) is 34.2 Å². The molecule has 0 saturated heterocycles. The Balaban J connectivity index is 2.25. The first-order valence-electron chi connectivity index (χ1n) is 7.21. The van der Waals surface area contributed by atoms with Gasteiger partial charge in [-0.05, 0) is 37.7 Å². The number of nitriles is 1. The quantitative estimate of drug-likeness (QED) is 0.835. The van der Waals surface area contributed by atoms with Gasteiger partial charge in [-0.1, -0.05) is 26.3 Å². The van der Waals surface area contributed by atoms with E-state index < -0.39 is 0 Å². The molecule has 0 radical (unpaired) electrons. The molecule has 19 heavy (non-hydrogen) atoms. The summed E-state index contributed by atoms with van der Waals surface area (Å²) in [6.07, 6.45) is 6.58. The Morgan fingerprint density at radius 1 is 1.47 bits per heavy atom. The van der Waals surface area contributed by atoms with Crippen LogP contribution in [0, 0.1) is 23.2 Å². The highest BCUT2D eigenvalue weighted by molar-refractivity contribution is 5.12. The standard InChI is InChI=1S/C16H22N2O/c1-12(2)9-14-6-4-8-18(16(14)19)15-7-3-5-13(10-15)11-17/h4,6,8,12-13,15H,3,5,7,9-10H2,1-2H3/t13-,15+/m0/s1. The number of rotatable bonds is 3. The molecule has 1 heterocycles. The van der Waals surface area contributed by atoms with E-state index in [4.69, 9.17) is 5.26 Å². The van der Waals surface area contributed by atoms with Gasteiger partial charge in [0.2, 0.25) is 0 Å². The van der Waals surface area contributed by atoms with E-state index in [-0.39, 0.29) is 17.5 Å². The van der Waals surface area contributed by atoms with Crippen LogP contribution >= 0.6 is 0 Å². The van der Waals surface area contributed by atoms with E-state index in [9.17, 15) is 4.79 Å². The first-order valence-corrected chi connectivity index (χ1v) is 7.21. The van der Waals surface area contributed by atoms with Gasteiger partial charge in [-0.15, -0.1) is 0 Å². The fourth-order valence-corrected chi connectivity index (χ4v) is 2.97. The van der Waals surface area contributed by atoms with E-state index in [0.29, 0.717) is 5.92 Å². The zero-order valence-corrected chi connectivity index (χ0v) is 11.8. The highest BCUT2D eigenvalue weighted by Crippen LogP contribution is 2.31. The number of hydrogen-bond acceptors (Lipinski definition) is 2. The van der Waals surface area contributed by atoms with Gasteiger partial charge in [-0.25, -0.2) is 0 Å². The summed E-state index contributed by atoms with van der Waals surface area (Å²) in [6, 6.07) is 6.46. The highest BCUT2D eigenvalue weighted by Gasteiger charge is 2.23. The van der Waals surface area contributed by atoms with E-state index in [0.717, 1.165) is 37.7 Å². The molecule has 0 spiro atoms. The van der Waals surface area contributed by atoms with Gasteiger partial charge in [-0.2, -0.15) is 5.26 Å². The van der Waals surface area contributed by atoms with E-state index in [1.807, 2.05) is 22.9 Å². The monoisotopic (exact) mass is 258 g/mol. The average Bonchev–Trinajstić information content (AvgIpc) is 2.41. The molecule has 1 aliphatic rings. The summed E-state index contributed by atoms with van der Waals surface area (Å²) in [4.78, 5) is 12.5. The van der Waals surface area contributed by atoms with Gasteiger partial charge < -0.3 is 4.57 Å². The average molecular weight is 258 g/mol. The van der Waals surface area contributed by atoms with Gasteiger partial charge in [0.05, 0.1) is 6.07 Å². The number of aromatic nitrogens is 1. The molecular weight excluding hydrogens is 236 g/mol. The van der Waals surface area contributed by atoms with Gasteiger partial charge in [0, 0.05) is 23.7 Å². The lowest BCUT2D eigenvalue weighted by molar-refractivity contribution is 0.301. The Labute approximate surface area is 114 Å². The van der Waals surface area contributed by atoms with Crippen molar-refractivity contribution >= 4 is 0 Å². The van der Waals surface area contributed by atoms with Crippen molar-refractivity contribution in [1.82, 2.24) is 4.57 Å². The SMILES string of the molecule is CC(C)Cc1cccn([C@@H]2CCC[C@H](C#N)C2)c1=O. The molecule has 0 unspecified atom stereocenters. The van der Waals surface area contributed by atoms with Crippen LogP contribution in [-0.2, 0) is 6.42 Å². The molecule has 1 saturated carbocycles. The lowest BCUT2D eigenvalue weighted by Crippen LogP contribution is -2.30. The van der Waals surface area contributed by atoms with Crippen molar-refractivity contribution in [3.8, 4) is 6.07 Å². The van der Waals surface area contributed by atoms with Crippen molar-refractivity contribution in [2.75, 3.05) is 0 Å². The summed E-state index contributed by atoms with van der Waals surface area (Å²) >= 11 is 0. The first-order chi connectivity index (χ1) is 9.11. The van der Waals surface area contributed by atoms with Crippen LogP contribution in [0.3, 0.4) is 0 Å². The Morgan fingerprint density at radius 3 is 2.95 bits per heavy atom. The summed E-state index contributed by atoms with van der Waals surface area (Å²) in [6.45, 7) is 4.26. The summed E-state index contributed by atoms with van der Waals surface area (Å²) < 4.78 is 1.86. The van der Waals surface area contributed by atoms with E-state index in [1.165, 1.54) is 0 Å². The van der Waals surface area contributed by atoms with Gasteiger partial charge >= 0.3 is 0 Å². The third-order valence-corrected chi connectivity index (χ3v) is 3.90. The largest absolute Gasteiger partial charge is 0.312 e. The second-order valence-electron chi connectivity index (χ2n) is 5.99. The molecule has 1 aliphatic carbocycles. The Bertz CT molecular complexity index is 524. The Hall–Kier alpha value is -1.56. The van der Waals surface area contributed by atoms with Crippen molar-refractivity contribution in [1.29, 1.82) is 5.26 Å². The van der Waals surface area contributed by atoms with Gasteiger partial charge in [0.25, 0.3) is 5.56 Å². The van der Waals surface area contributed by atoms with E-state index >= 15 is 0 Å². The highest BCUT2D eigenvalue weighted by atomic mass is 16.1. The molecule has 2 rings (SSSR count). The van der Waals surface area contributed by atoms with Crippen LogP contribution < -0.4 is 5.56 Å². The maximum Gasteiger partial charge on any atom is 0.253 e. The zero-order chi connectivity index (χ0) is 13.8. The minimum atomic E-state index is 0.111. The first kappa shape index (κ1) is 13.9. The van der Waals surface area contributed by atoms with Gasteiger partial charge in [-0.3, -0.25) is 4.79 Å². The summed E-state index contributed by atoms with van der Waals surface area (Å²) in [5, 5.41) is 9.06. The van der Waals surface area contributed by atoms with Crippen molar-refractivity contribution < 1.29 is 0 Å². The molecule has 0 N–H and O–H groups in total. The molecule has 102 valence electrons. The van der Waals surface area contributed by atoms with Crippen molar-refractivity contribution in [3.63, 3.8) is 0 Å². The summed E-state index contributed by atoms with van der Waals surface area (Å²) in [5.41, 5.74) is 1.04. The van der Waals surface area contributed by atoms with Crippen molar-refractivity contribution in [2.45, 2.75) is 52.0 Å². The second-order valence-corrected chi connectivity index (χ2v) is 5.99. The molecule has 3 heteroatoms. The molecule has 1 fully saturated rings. The van der Waals surface area contributed by atoms with Crippen LogP contribution in [0.15, 0.2) is 23.1 Å². The van der Waals surface area contributed by atoms with Gasteiger partial charge in [0.1, 0.15) is 0 Å². The predicted octanol–water partition coefficient (Wildman–Crippen LogP) is 3.30. The topological polar surface area (TPSA) is 45.8 Å². The molecule has 0 aliphatic heterocycles. The third kappa shape index (κ3) is 3.26. The van der Waals surface area contributed by atoms with Crippen LogP contribution in [0.5, 0.6) is 0 Å². The van der Waals surface area contributed by atoms with Crippen LogP contribution in [0.4, 0.5) is 0 Å². The van der Waals surface area contributed by atoms with Crippen LogP contribution in [0.1, 0.15) is 51.1 Å². The molecular formula is C16H22N2O. The molecule has 1 aromatic heterocycles. The lowest BCUT2D eigenvalue weighted by atomic mass is 9.86. The zero-order valence-electron chi connectivity index (χ0n) is 11.8. The normalized spacial score (nSPS) is 23.3. The molecule has 1 aromatic rings. The minimum Gasteiger partial charge on any atom is -0.312 e. The molecule has 0 aromatic carbocycles. The number of nitrogens with zero attached hydrogens (tertiary/aromatic N) is 2. The fraction of sp³-hybridized carbons (Fsp3) is 0.625. The third-order valence-electron chi connectivity index (χ3n) is 3.90. The molecule has 0 amide bonds. The maximum atomic E-state index is 12.5. The van der Waals surface area contributed by atoms with E-state index in [1.54, 1.807) is 0 Å². The van der Waals surface area contributed by atoms with E-state index in [2.05, 4.69) is 19.9 Å². The smallest absolute Gasteiger partial charge is 0.253 e. The molecule has 0 bridgehead atoms.